The minimum absolute atomic E-state index is 0.134. The van der Waals surface area contributed by atoms with Gasteiger partial charge >= 0.3 is 0 Å². The first kappa shape index (κ1) is 16.1. The second-order valence-electron chi connectivity index (χ2n) is 6.24. The van der Waals surface area contributed by atoms with Gasteiger partial charge in [0.1, 0.15) is 11.6 Å². The predicted octanol–water partition coefficient (Wildman–Crippen LogP) is 3.38. The van der Waals surface area contributed by atoms with Gasteiger partial charge in [-0.2, -0.15) is 0 Å². The molecule has 124 valence electrons. The van der Waals surface area contributed by atoms with Gasteiger partial charge in [0.2, 0.25) is 11.8 Å². The topological polar surface area (TPSA) is 58.2 Å². The number of halogens is 2. The fourth-order valence-electron chi connectivity index (χ4n) is 2.78. The van der Waals surface area contributed by atoms with Crippen molar-refractivity contribution in [3.8, 4) is 0 Å². The average Bonchev–Trinajstić information content (AvgIpc) is 3.01. The second kappa shape index (κ2) is 5.70. The van der Waals surface area contributed by atoms with Crippen LogP contribution in [0.2, 0.25) is 0 Å². The van der Waals surface area contributed by atoms with Crippen molar-refractivity contribution in [2.75, 3.05) is 10.6 Å². The molecule has 2 amide bonds. The monoisotopic (exact) mass is 330 g/mol. The van der Waals surface area contributed by atoms with Crippen LogP contribution in [0.15, 0.2) is 36.4 Å². The third-order valence-electron chi connectivity index (χ3n) is 4.21. The minimum atomic E-state index is -0.614. The number of nitrogens with one attached hydrogen (secondary N) is 2. The largest absolute Gasteiger partial charge is 0.323 e. The standard InChI is InChI=1S/C10H10FNO.C8H6FNO/c1-10(2)6-4-3-5-7(11)8(6)12-9(10)13;9-6-3-1-2-5-4-7(11)10-8(5)6/h3-5H,1-2H3,(H,12,13);1-3H,4H2,(H,10,11). The van der Waals surface area contributed by atoms with Gasteiger partial charge in [-0.25, -0.2) is 8.78 Å². The number of para-hydroxylation sites is 2. The number of hydrogen-bond acceptors (Lipinski definition) is 2. The van der Waals surface area contributed by atoms with Gasteiger partial charge in [0.15, 0.2) is 0 Å². The molecule has 2 aliphatic rings. The maximum absolute atomic E-state index is 13.2. The van der Waals surface area contributed by atoms with Crippen molar-refractivity contribution in [1.82, 2.24) is 0 Å². The Balaban J connectivity index is 0.000000143. The van der Waals surface area contributed by atoms with Crippen LogP contribution in [0.25, 0.3) is 0 Å². The first-order chi connectivity index (χ1) is 11.3. The normalized spacial score (nSPS) is 16.5. The van der Waals surface area contributed by atoms with E-state index in [1.165, 1.54) is 12.1 Å². The Kier molecular flexibility index (Phi) is 3.83. The van der Waals surface area contributed by atoms with Crippen molar-refractivity contribution >= 4 is 23.2 Å². The zero-order valence-corrected chi connectivity index (χ0v) is 13.2. The molecule has 0 bridgehead atoms. The van der Waals surface area contributed by atoms with Crippen LogP contribution in [-0.4, -0.2) is 11.8 Å². The fraction of sp³-hybridized carbons (Fsp3) is 0.222. The summed E-state index contributed by atoms with van der Waals surface area (Å²) >= 11 is 0. The summed E-state index contributed by atoms with van der Waals surface area (Å²) in [6, 6.07) is 9.43. The highest BCUT2D eigenvalue weighted by Crippen LogP contribution is 2.38. The molecule has 0 saturated carbocycles. The van der Waals surface area contributed by atoms with E-state index in [-0.39, 0.29) is 23.4 Å². The molecule has 4 nitrogen and oxygen atoms in total. The van der Waals surface area contributed by atoms with Gasteiger partial charge < -0.3 is 10.6 Å². The highest BCUT2D eigenvalue weighted by atomic mass is 19.1. The third-order valence-corrected chi connectivity index (χ3v) is 4.21. The lowest BCUT2D eigenvalue weighted by Crippen LogP contribution is -2.26. The molecule has 0 aromatic heterocycles. The predicted molar refractivity (Wildman–Crippen MR) is 86.8 cm³/mol. The summed E-state index contributed by atoms with van der Waals surface area (Å²) in [5.41, 5.74) is 1.54. The van der Waals surface area contributed by atoms with Gasteiger partial charge in [0.05, 0.1) is 23.2 Å². The van der Waals surface area contributed by atoms with Gasteiger partial charge in [-0.1, -0.05) is 24.3 Å². The first-order valence-electron chi connectivity index (χ1n) is 7.48. The summed E-state index contributed by atoms with van der Waals surface area (Å²) < 4.78 is 26.0. The summed E-state index contributed by atoms with van der Waals surface area (Å²) in [7, 11) is 0. The van der Waals surface area contributed by atoms with E-state index >= 15 is 0 Å². The number of anilines is 2. The quantitative estimate of drug-likeness (QED) is 0.778. The fourth-order valence-corrected chi connectivity index (χ4v) is 2.78. The van der Waals surface area contributed by atoms with Crippen molar-refractivity contribution in [3.05, 3.63) is 59.2 Å². The maximum atomic E-state index is 13.2. The van der Waals surface area contributed by atoms with Crippen molar-refractivity contribution in [3.63, 3.8) is 0 Å². The minimum Gasteiger partial charge on any atom is -0.323 e. The third kappa shape index (κ3) is 2.64. The summed E-state index contributed by atoms with van der Waals surface area (Å²) in [6.07, 6.45) is 0.299. The average molecular weight is 330 g/mol. The van der Waals surface area contributed by atoms with Gasteiger partial charge in [0, 0.05) is 0 Å². The molecule has 0 spiro atoms. The molecule has 2 aromatic rings. The Morgan fingerprint density at radius 1 is 0.917 bits per heavy atom. The number of rotatable bonds is 0. The molecule has 2 aliphatic heterocycles. The second-order valence-corrected chi connectivity index (χ2v) is 6.24. The van der Waals surface area contributed by atoms with Crippen molar-refractivity contribution in [1.29, 1.82) is 0 Å². The van der Waals surface area contributed by atoms with E-state index in [1.54, 1.807) is 38.1 Å². The first-order valence-corrected chi connectivity index (χ1v) is 7.48. The van der Waals surface area contributed by atoms with Crippen molar-refractivity contribution in [2.45, 2.75) is 25.7 Å². The van der Waals surface area contributed by atoms with Crippen LogP contribution in [0, 0.1) is 11.6 Å². The molecule has 0 unspecified atom stereocenters. The van der Waals surface area contributed by atoms with Crippen LogP contribution < -0.4 is 10.6 Å². The molecular weight excluding hydrogens is 314 g/mol. The Bertz CT molecular complexity index is 847. The molecule has 2 heterocycles. The summed E-state index contributed by atoms with van der Waals surface area (Å²) in [6.45, 7) is 3.57. The van der Waals surface area contributed by atoms with Crippen LogP contribution in [0.1, 0.15) is 25.0 Å². The van der Waals surface area contributed by atoms with E-state index in [9.17, 15) is 18.4 Å². The Morgan fingerprint density at radius 3 is 2.17 bits per heavy atom. The molecule has 0 aliphatic carbocycles. The molecule has 0 atom stereocenters. The zero-order chi connectivity index (χ0) is 17.5. The van der Waals surface area contributed by atoms with Crippen molar-refractivity contribution < 1.29 is 18.4 Å². The molecule has 2 aromatic carbocycles. The van der Waals surface area contributed by atoms with E-state index in [0.717, 1.165) is 11.1 Å². The van der Waals surface area contributed by atoms with Gasteiger partial charge in [-0.15, -0.1) is 0 Å². The highest BCUT2D eigenvalue weighted by Gasteiger charge is 2.39. The Labute approximate surface area is 137 Å². The summed E-state index contributed by atoms with van der Waals surface area (Å²) in [4.78, 5) is 22.2. The number of carbonyl (C=O) groups is 2. The van der Waals surface area contributed by atoms with Crippen LogP contribution in [0.3, 0.4) is 0 Å². The van der Waals surface area contributed by atoms with E-state index < -0.39 is 5.41 Å². The lowest BCUT2D eigenvalue weighted by molar-refractivity contribution is -0.119. The number of carbonyl (C=O) groups excluding carboxylic acids is 2. The Morgan fingerprint density at radius 2 is 1.54 bits per heavy atom. The molecule has 2 N–H and O–H groups in total. The molecule has 0 radical (unpaired) electrons. The molecular formula is C18H16F2N2O2. The highest BCUT2D eigenvalue weighted by molar-refractivity contribution is 6.05. The number of fused-ring (bicyclic) bond motifs is 2. The van der Waals surface area contributed by atoms with Gasteiger partial charge in [0.25, 0.3) is 0 Å². The van der Waals surface area contributed by atoms with Crippen LogP contribution in [0.5, 0.6) is 0 Å². The number of amides is 2. The van der Waals surface area contributed by atoms with E-state index in [0.29, 0.717) is 17.8 Å². The van der Waals surface area contributed by atoms with Gasteiger partial charge in [-0.05, 0) is 37.1 Å². The van der Waals surface area contributed by atoms with Crippen LogP contribution in [0.4, 0.5) is 20.2 Å². The van der Waals surface area contributed by atoms with Crippen molar-refractivity contribution in [2.24, 2.45) is 0 Å². The smallest absolute Gasteiger partial charge is 0.234 e. The van der Waals surface area contributed by atoms with Crippen LogP contribution in [-0.2, 0) is 21.4 Å². The molecule has 6 heteroatoms. The number of benzene rings is 2. The SMILES string of the molecule is CC1(C)C(=O)Nc2c(F)cccc21.O=C1Cc2cccc(F)c2N1. The summed E-state index contributed by atoms with van der Waals surface area (Å²) in [5.74, 6) is -0.998. The maximum Gasteiger partial charge on any atom is 0.234 e. The van der Waals surface area contributed by atoms with Gasteiger partial charge in [-0.3, -0.25) is 9.59 Å². The zero-order valence-electron chi connectivity index (χ0n) is 13.2. The summed E-state index contributed by atoms with van der Waals surface area (Å²) in [5, 5.41) is 4.99. The lowest BCUT2D eigenvalue weighted by atomic mass is 9.86. The molecule has 24 heavy (non-hydrogen) atoms. The molecule has 0 saturated heterocycles. The lowest BCUT2D eigenvalue weighted by Gasteiger charge is -2.14. The molecule has 0 fully saturated rings. The van der Waals surface area contributed by atoms with Crippen LogP contribution >= 0.6 is 0 Å². The van der Waals surface area contributed by atoms with E-state index in [1.807, 2.05) is 0 Å². The van der Waals surface area contributed by atoms with E-state index in [2.05, 4.69) is 10.6 Å². The molecule has 4 rings (SSSR count). The van der Waals surface area contributed by atoms with E-state index in [4.69, 9.17) is 0 Å². The Hall–Kier alpha value is -2.76. The number of hydrogen-bond donors (Lipinski definition) is 2.